The number of methoxy groups -OCH3 is 1. The van der Waals surface area contributed by atoms with E-state index in [2.05, 4.69) is 0 Å². The molecule has 3 rings (SSSR count). The topological polar surface area (TPSA) is 95.9 Å². The zero-order chi connectivity index (χ0) is 25.7. The normalized spacial score (nSPS) is 16.2. The van der Waals surface area contributed by atoms with Crippen molar-refractivity contribution in [3.8, 4) is 11.1 Å². The Morgan fingerprint density at radius 3 is 2.08 bits per heavy atom. The number of hydroxylamine groups is 1. The lowest BCUT2D eigenvalue weighted by Gasteiger charge is -2.39. The Morgan fingerprint density at radius 2 is 1.61 bits per heavy atom. The first-order valence-electron chi connectivity index (χ1n) is 11.5. The van der Waals surface area contributed by atoms with E-state index >= 15 is 0 Å². The summed E-state index contributed by atoms with van der Waals surface area (Å²) in [6.07, 6.45) is 0.127. The van der Waals surface area contributed by atoms with Gasteiger partial charge in [0.15, 0.2) is 14.6 Å². The van der Waals surface area contributed by atoms with Gasteiger partial charge < -0.3 is 9.64 Å². The number of alkyl halides is 2. The summed E-state index contributed by atoms with van der Waals surface area (Å²) in [5.41, 5.74) is 3.93. The predicted molar refractivity (Wildman–Crippen MR) is 135 cm³/mol. The average molecular weight is 547 g/mol. The molecule has 200 valence electrons. The monoisotopic (exact) mass is 546 g/mol. The van der Waals surface area contributed by atoms with Crippen LogP contribution in [0.5, 0.6) is 0 Å². The van der Waals surface area contributed by atoms with Gasteiger partial charge in [-0.05, 0) is 55.0 Å². The first-order chi connectivity index (χ1) is 16.5. The fourth-order valence-corrected chi connectivity index (χ4v) is 6.31. The number of carbonyl (C=O) groups excluding carboxylic acids is 1. The van der Waals surface area contributed by atoms with Crippen molar-refractivity contribution in [2.24, 2.45) is 0 Å². The Morgan fingerprint density at radius 1 is 1.08 bits per heavy atom. The molecule has 11 heteroatoms. The van der Waals surface area contributed by atoms with E-state index in [9.17, 15) is 27.2 Å². The minimum atomic E-state index is -4.11. The number of aryl methyl sites for hydroxylation is 1. The maximum atomic E-state index is 13.6. The molecule has 2 N–H and O–H groups in total. The standard InChI is InChI=1S/C25H32F2N2O5S.ClH/c1-24(26,27)12-11-19-3-5-20(6-4-19)21-7-9-22(10-8-21)35(32,33)25(23(30)28-31)13-15-29(16-14-25)17-18-34-2;/h3-10,31H,11-18H2,1-2H3,(H,28,30);1H. The van der Waals surface area contributed by atoms with Gasteiger partial charge >= 0.3 is 0 Å². The number of nitrogens with zero attached hydrogens (tertiary/aromatic N) is 1. The van der Waals surface area contributed by atoms with E-state index in [0.29, 0.717) is 26.2 Å². The van der Waals surface area contributed by atoms with Crippen LogP contribution in [-0.2, 0) is 25.8 Å². The number of hydrogen-bond donors (Lipinski definition) is 2. The molecule has 1 aliphatic rings. The van der Waals surface area contributed by atoms with Crippen molar-refractivity contribution in [1.82, 2.24) is 10.4 Å². The third-order valence-electron chi connectivity index (χ3n) is 6.61. The van der Waals surface area contributed by atoms with Gasteiger partial charge in [0.1, 0.15) is 0 Å². The molecule has 2 aromatic carbocycles. The summed E-state index contributed by atoms with van der Waals surface area (Å²) in [5.74, 6) is -3.65. The molecule has 0 unspecified atom stereocenters. The second-order valence-electron chi connectivity index (χ2n) is 9.06. The number of likely N-dealkylation sites (tertiary alicyclic amines) is 1. The summed E-state index contributed by atoms with van der Waals surface area (Å²) >= 11 is 0. The maximum absolute atomic E-state index is 13.6. The number of rotatable bonds is 10. The van der Waals surface area contributed by atoms with Crippen LogP contribution < -0.4 is 5.48 Å². The lowest BCUT2D eigenvalue weighted by atomic mass is 9.95. The van der Waals surface area contributed by atoms with E-state index in [1.165, 1.54) is 12.1 Å². The van der Waals surface area contributed by atoms with Crippen LogP contribution >= 0.6 is 12.4 Å². The lowest BCUT2D eigenvalue weighted by molar-refractivity contribution is -0.133. The summed E-state index contributed by atoms with van der Waals surface area (Å²) in [5, 5.41) is 9.33. The molecule has 1 heterocycles. The fourth-order valence-electron chi connectivity index (χ4n) is 4.36. The number of carbonyl (C=O) groups is 1. The molecule has 0 aromatic heterocycles. The fraction of sp³-hybridized carbons (Fsp3) is 0.480. The molecule has 7 nitrogen and oxygen atoms in total. The third-order valence-corrected chi connectivity index (χ3v) is 9.12. The highest BCUT2D eigenvalue weighted by Gasteiger charge is 2.52. The molecule has 36 heavy (non-hydrogen) atoms. The van der Waals surface area contributed by atoms with Gasteiger partial charge in [-0.15, -0.1) is 12.4 Å². The van der Waals surface area contributed by atoms with Crippen LogP contribution in [0, 0.1) is 0 Å². The zero-order valence-electron chi connectivity index (χ0n) is 20.4. The van der Waals surface area contributed by atoms with Crippen molar-refractivity contribution < 1.29 is 31.9 Å². The zero-order valence-corrected chi connectivity index (χ0v) is 22.0. The molecule has 2 aromatic rings. The largest absolute Gasteiger partial charge is 0.383 e. The minimum Gasteiger partial charge on any atom is -0.383 e. The number of benzene rings is 2. The first-order valence-corrected chi connectivity index (χ1v) is 13.0. The average Bonchev–Trinajstić information content (AvgIpc) is 2.86. The van der Waals surface area contributed by atoms with Crippen LogP contribution in [0.1, 0.15) is 31.7 Å². The van der Waals surface area contributed by atoms with Gasteiger partial charge in [-0.3, -0.25) is 10.0 Å². The number of piperidine rings is 1. The molecular weight excluding hydrogens is 514 g/mol. The number of hydrogen-bond acceptors (Lipinski definition) is 6. The van der Waals surface area contributed by atoms with Crippen molar-refractivity contribution in [3.63, 3.8) is 0 Å². The Bertz CT molecular complexity index is 1100. The lowest BCUT2D eigenvalue weighted by Crippen LogP contribution is -2.58. The van der Waals surface area contributed by atoms with Gasteiger partial charge in [0.25, 0.3) is 5.91 Å². The number of amides is 1. The van der Waals surface area contributed by atoms with Crippen molar-refractivity contribution in [2.75, 3.05) is 33.4 Å². The summed E-state index contributed by atoms with van der Waals surface area (Å²) in [4.78, 5) is 14.7. The van der Waals surface area contributed by atoms with Crippen LogP contribution in [0.2, 0.25) is 0 Å². The predicted octanol–water partition coefficient (Wildman–Crippen LogP) is 4.12. The van der Waals surface area contributed by atoms with Gasteiger partial charge in [-0.2, -0.15) is 0 Å². The smallest absolute Gasteiger partial charge is 0.265 e. The summed E-state index contributed by atoms with van der Waals surface area (Å²) < 4.78 is 56.7. The van der Waals surface area contributed by atoms with Gasteiger partial charge in [-0.1, -0.05) is 36.4 Å². The number of sulfone groups is 1. The minimum absolute atomic E-state index is 0. The van der Waals surface area contributed by atoms with E-state index < -0.39 is 26.4 Å². The van der Waals surface area contributed by atoms with E-state index in [1.54, 1.807) is 36.9 Å². The first kappa shape index (κ1) is 30.1. The molecule has 1 aliphatic heterocycles. The Hall–Kier alpha value is -2.11. The van der Waals surface area contributed by atoms with Crippen LogP contribution in [0.15, 0.2) is 53.4 Å². The molecule has 0 radical (unpaired) electrons. The molecule has 1 saturated heterocycles. The third kappa shape index (κ3) is 6.80. The van der Waals surface area contributed by atoms with Gasteiger partial charge in [-0.25, -0.2) is 22.7 Å². The van der Waals surface area contributed by atoms with E-state index in [0.717, 1.165) is 23.6 Å². The van der Waals surface area contributed by atoms with Crippen molar-refractivity contribution in [3.05, 3.63) is 54.1 Å². The molecule has 1 fully saturated rings. The quantitative estimate of drug-likeness (QED) is 0.344. The van der Waals surface area contributed by atoms with Crippen molar-refractivity contribution in [2.45, 2.75) is 48.2 Å². The number of ether oxygens (including phenoxy) is 1. The Kier molecular flexibility index (Phi) is 10.4. The van der Waals surface area contributed by atoms with Gasteiger partial charge in [0, 0.05) is 33.2 Å². The van der Waals surface area contributed by atoms with Crippen molar-refractivity contribution in [1.29, 1.82) is 0 Å². The van der Waals surface area contributed by atoms with E-state index in [4.69, 9.17) is 4.74 Å². The van der Waals surface area contributed by atoms with Gasteiger partial charge in [0.05, 0.1) is 11.5 Å². The second-order valence-corrected chi connectivity index (χ2v) is 11.3. The number of nitrogens with one attached hydrogen (secondary N) is 1. The summed E-state index contributed by atoms with van der Waals surface area (Å²) in [6, 6.07) is 13.4. The van der Waals surface area contributed by atoms with Crippen LogP contribution in [0.25, 0.3) is 11.1 Å². The molecule has 0 saturated carbocycles. The molecular formula is C25H33ClF2N2O5S. The van der Waals surface area contributed by atoms with E-state index in [1.807, 2.05) is 17.0 Å². The van der Waals surface area contributed by atoms with Gasteiger partial charge in [0.2, 0.25) is 5.92 Å². The highest BCUT2D eigenvalue weighted by molar-refractivity contribution is 7.93. The Labute approximate surface area is 217 Å². The highest BCUT2D eigenvalue weighted by Crippen LogP contribution is 2.36. The maximum Gasteiger partial charge on any atom is 0.265 e. The van der Waals surface area contributed by atoms with Crippen molar-refractivity contribution >= 4 is 28.2 Å². The van der Waals surface area contributed by atoms with Crippen LogP contribution in [0.3, 0.4) is 0 Å². The molecule has 1 amide bonds. The summed E-state index contributed by atoms with van der Waals surface area (Å²) in [7, 11) is -2.52. The highest BCUT2D eigenvalue weighted by atomic mass is 35.5. The number of halogens is 3. The Balaban J connectivity index is 0.00000456. The molecule has 0 spiro atoms. The molecule has 0 bridgehead atoms. The molecule has 0 aliphatic carbocycles. The van der Waals surface area contributed by atoms with Crippen LogP contribution in [-0.4, -0.2) is 68.5 Å². The second kappa shape index (κ2) is 12.4. The van der Waals surface area contributed by atoms with E-state index in [-0.39, 0.29) is 43.0 Å². The molecule has 0 atom stereocenters. The SMILES string of the molecule is COCCN1CCC(C(=O)NO)(S(=O)(=O)c2ccc(-c3ccc(CCC(C)(F)F)cc3)cc2)CC1.Cl. The summed E-state index contributed by atoms with van der Waals surface area (Å²) in [6.45, 7) is 2.78. The van der Waals surface area contributed by atoms with Crippen LogP contribution in [0.4, 0.5) is 8.78 Å².